The zero-order valence-electron chi connectivity index (χ0n) is 27.9. The average molecular weight is 684 g/mol. The molecule has 2 amide bonds. The lowest BCUT2D eigenvalue weighted by atomic mass is 10.0. The molecule has 2 aromatic carbocycles. The number of hydrogen-bond acceptors (Lipinski definition) is 7. The molecule has 1 N–H and O–H groups in total. The number of likely N-dealkylation sites (tertiary alicyclic amines) is 1. The van der Waals surface area contributed by atoms with Gasteiger partial charge in [-0.1, -0.05) is 13.0 Å². The predicted octanol–water partition coefficient (Wildman–Crippen LogP) is 5.80. The lowest BCUT2D eigenvalue weighted by Crippen LogP contribution is -2.50. The van der Waals surface area contributed by atoms with Crippen LogP contribution >= 0.6 is 11.3 Å². The van der Waals surface area contributed by atoms with Crippen LogP contribution in [0.5, 0.6) is 0 Å². The first-order valence-electron chi connectivity index (χ1n) is 16.7. The number of carbonyl (C=O) groups excluding carboxylic acids is 2. The molecule has 0 spiro atoms. The number of aromatic nitrogens is 3. The first-order chi connectivity index (χ1) is 23.7. The number of pyridine rings is 1. The van der Waals surface area contributed by atoms with Crippen LogP contribution in [0.3, 0.4) is 0 Å². The second-order valence-corrected chi connectivity index (χ2v) is 13.7. The molecule has 3 aromatic heterocycles. The summed E-state index contributed by atoms with van der Waals surface area (Å²) < 4.78 is 31.8. The van der Waals surface area contributed by atoms with Crippen LogP contribution in [0.15, 0.2) is 60.1 Å². The average Bonchev–Trinajstić information content (AvgIpc) is 3.85. The number of anilines is 1. The molecular weight excluding hydrogens is 645 g/mol. The van der Waals surface area contributed by atoms with Crippen molar-refractivity contribution in [3.05, 3.63) is 83.0 Å². The Balaban J connectivity index is 1.08. The van der Waals surface area contributed by atoms with Crippen molar-refractivity contribution in [3.8, 4) is 33.1 Å². The number of amides is 2. The van der Waals surface area contributed by atoms with Crippen LogP contribution in [-0.4, -0.2) is 87.8 Å². The topological polar surface area (TPSA) is 86.1 Å². The van der Waals surface area contributed by atoms with Crippen LogP contribution < -0.4 is 10.2 Å². The van der Waals surface area contributed by atoms with Crippen molar-refractivity contribution in [2.75, 3.05) is 50.7 Å². The molecule has 7 rings (SSSR count). The van der Waals surface area contributed by atoms with Crippen molar-refractivity contribution in [1.29, 1.82) is 0 Å². The highest BCUT2D eigenvalue weighted by Crippen LogP contribution is 2.37. The maximum Gasteiger partial charge on any atom is 0.236 e. The molecule has 0 bridgehead atoms. The lowest BCUT2D eigenvalue weighted by Gasteiger charge is -2.36. The molecule has 2 saturated heterocycles. The summed E-state index contributed by atoms with van der Waals surface area (Å²) in [6, 6.07) is 14.0. The second kappa shape index (κ2) is 13.7. The van der Waals surface area contributed by atoms with E-state index in [1.165, 1.54) is 30.4 Å². The number of fused-ring (bicyclic) bond motifs is 1. The zero-order chi connectivity index (χ0) is 34.2. The highest BCUT2D eigenvalue weighted by atomic mass is 32.1. The molecular formula is C37H39F2N7O2S. The first kappa shape index (κ1) is 32.8. The van der Waals surface area contributed by atoms with E-state index in [1.54, 1.807) is 19.1 Å². The van der Waals surface area contributed by atoms with E-state index in [9.17, 15) is 14.0 Å². The summed E-state index contributed by atoms with van der Waals surface area (Å²) in [5, 5.41) is 5.53. The molecule has 2 aliphatic rings. The van der Waals surface area contributed by atoms with E-state index in [0.717, 1.165) is 72.1 Å². The van der Waals surface area contributed by atoms with Gasteiger partial charge in [0.1, 0.15) is 22.3 Å². The number of rotatable bonds is 8. The summed E-state index contributed by atoms with van der Waals surface area (Å²) >= 11 is 1.43. The standard InChI is InChI=1S/C37H39F2N7O2S/c1-4-31-36(30-11-10-29(23(2)35(30)39)37-42-32(22-49-37)25-5-7-26(38)8-6-25)46-20-28(9-12-33(46)41-31)44-17-15-43(16-18-44)21-34(48)45-14-13-27(19-45)40-24(3)47/h5-12,20,22,27H,4,13-19,21H2,1-3H3,(H,40,47). The Kier molecular flexibility index (Phi) is 9.17. The highest BCUT2D eigenvalue weighted by molar-refractivity contribution is 7.13. The Bertz CT molecular complexity index is 2020. The van der Waals surface area contributed by atoms with Crippen LogP contribution in [0.4, 0.5) is 14.5 Å². The van der Waals surface area contributed by atoms with Crippen molar-refractivity contribution < 1.29 is 18.4 Å². The Morgan fingerprint density at radius 1 is 0.959 bits per heavy atom. The molecule has 1 unspecified atom stereocenters. The number of halogens is 2. The van der Waals surface area contributed by atoms with E-state index in [1.807, 2.05) is 46.0 Å². The van der Waals surface area contributed by atoms with E-state index in [-0.39, 0.29) is 29.5 Å². The van der Waals surface area contributed by atoms with E-state index in [4.69, 9.17) is 9.97 Å². The second-order valence-electron chi connectivity index (χ2n) is 12.8. The third kappa shape index (κ3) is 6.67. The van der Waals surface area contributed by atoms with Gasteiger partial charge in [0.25, 0.3) is 0 Å². The minimum Gasteiger partial charge on any atom is -0.368 e. The number of thiazole rings is 1. The highest BCUT2D eigenvalue weighted by Gasteiger charge is 2.29. The zero-order valence-corrected chi connectivity index (χ0v) is 28.7. The van der Waals surface area contributed by atoms with Gasteiger partial charge in [-0.2, -0.15) is 0 Å². The minimum atomic E-state index is -0.308. The fourth-order valence-corrected chi connectivity index (χ4v) is 7.81. The Morgan fingerprint density at radius 3 is 2.45 bits per heavy atom. The van der Waals surface area contributed by atoms with Gasteiger partial charge in [-0.15, -0.1) is 11.3 Å². The van der Waals surface area contributed by atoms with Crippen molar-refractivity contribution in [3.63, 3.8) is 0 Å². The smallest absolute Gasteiger partial charge is 0.236 e. The monoisotopic (exact) mass is 683 g/mol. The Labute approximate surface area is 288 Å². The normalized spacial score (nSPS) is 16.9. The minimum absolute atomic E-state index is 0.0325. The Hall–Kier alpha value is -4.68. The fraction of sp³-hybridized carbons (Fsp3) is 0.351. The molecule has 5 aromatic rings. The first-order valence-corrected chi connectivity index (χ1v) is 17.6. The van der Waals surface area contributed by atoms with Gasteiger partial charge in [0.2, 0.25) is 11.8 Å². The van der Waals surface area contributed by atoms with Gasteiger partial charge in [-0.25, -0.2) is 18.7 Å². The molecule has 49 heavy (non-hydrogen) atoms. The fourth-order valence-electron chi connectivity index (χ4n) is 6.90. The van der Waals surface area contributed by atoms with Gasteiger partial charge in [-0.05, 0) is 67.8 Å². The van der Waals surface area contributed by atoms with Crippen LogP contribution in [0.25, 0.3) is 38.7 Å². The number of nitrogens with zero attached hydrogens (tertiary/aromatic N) is 6. The summed E-state index contributed by atoms with van der Waals surface area (Å²) in [4.78, 5) is 40.3. The van der Waals surface area contributed by atoms with Gasteiger partial charge < -0.3 is 15.1 Å². The van der Waals surface area contributed by atoms with Crippen LogP contribution in [0.1, 0.15) is 31.5 Å². The van der Waals surface area contributed by atoms with E-state index < -0.39 is 0 Å². The predicted molar refractivity (Wildman–Crippen MR) is 189 cm³/mol. The quantitative estimate of drug-likeness (QED) is 0.223. The summed E-state index contributed by atoms with van der Waals surface area (Å²) in [7, 11) is 0. The third-order valence-corrected chi connectivity index (χ3v) is 10.4. The van der Waals surface area contributed by atoms with Gasteiger partial charge in [0.05, 0.1) is 29.3 Å². The molecule has 2 aliphatic heterocycles. The van der Waals surface area contributed by atoms with E-state index in [0.29, 0.717) is 42.2 Å². The van der Waals surface area contributed by atoms with Crippen molar-refractivity contribution >= 4 is 34.5 Å². The number of benzene rings is 2. The maximum absolute atomic E-state index is 16.3. The van der Waals surface area contributed by atoms with Crippen LogP contribution in [0, 0.1) is 18.6 Å². The van der Waals surface area contributed by atoms with Gasteiger partial charge in [-0.3, -0.25) is 18.9 Å². The molecule has 9 nitrogen and oxygen atoms in total. The number of imidazole rings is 1. The maximum atomic E-state index is 16.3. The van der Waals surface area contributed by atoms with Gasteiger partial charge in [0, 0.05) is 80.5 Å². The van der Waals surface area contributed by atoms with Gasteiger partial charge >= 0.3 is 0 Å². The summed E-state index contributed by atoms with van der Waals surface area (Å²) in [6.45, 7) is 9.93. The molecule has 0 saturated carbocycles. The van der Waals surface area contributed by atoms with Crippen LogP contribution in [0.2, 0.25) is 0 Å². The Morgan fingerprint density at radius 2 is 1.71 bits per heavy atom. The molecule has 0 aliphatic carbocycles. The summed E-state index contributed by atoms with van der Waals surface area (Å²) in [5.74, 6) is -0.573. The SMILES string of the molecule is CCc1nc2ccc(N3CCN(CC(=O)N4CCC(NC(C)=O)C4)CC3)cn2c1-c1ccc(-c2nc(-c3ccc(F)cc3)cs2)c(C)c1F. The number of carbonyl (C=O) groups is 2. The van der Waals surface area contributed by atoms with Crippen molar-refractivity contribution in [2.45, 2.75) is 39.7 Å². The molecule has 1 atom stereocenters. The van der Waals surface area contributed by atoms with Crippen molar-refractivity contribution in [1.82, 2.24) is 29.5 Å². The third-order valence-electron chi connectivity index (χ3n) is 9.57. The lowest BCUT2D eigenvalue weighted by molar-refractivity contribution is -0.131. The van der Waals surface area contributed by atoms with E-state index in [2.05, 4.69) is 21.2 Å². The number of hydrogen-bond donors (Lipinski definition) is 1. The summed E-state index contributed by atoms with van der Waals surface area (Å²) in [5.41, 5.74) is 6.59. The van der Waals surface area contributed by atoms with Crippen LogP contribution in [-0.2, 0) is 16.0 Å². The summed E-state index contributed by atoms with van der Waals surface area (Å²) in [6.07, 6.45) is 3.48. The largest absolute Gasteiger partial charge is 0.368 e. The van der Waals surface area contributed by atoms with E-state index >= 15 is 4.39 Å². The number of aryl methyl sites for hydroxylation is 1. The molecule has 0 radical (unpaired) electrons. The molecule has 5 heterocycles. The molecule has 12 heteroatoms. The number of piperazine rings is 1. The van der Waals surface area contributed by atoms with Gasteiger partial charge in [0.15, 0.2) is 0 Å². The number of nitrogens with one attached hydrogen (secondary N) is 1. The molecule has 254 valence electrons. The molecule has 2 fully saturated rings. The van der Waals surface area contributed by atoms with Crippen molar-refractivity contribution in [2.24, 2.45) is 0 Å².